The van der Waals surface area contributed by atoms with Crippen LogP contribution < -0.4 is 20.3 Å². The highest BCUT2D eigenvalue weighted by Gasteiger charge is 2.30. The van der Waals surface area contributed by atoms with Gasteiger partial charge in [-0.05, 0) is 79.4 Å². The fourth-order valence-corrected chi connectivity index (χ4v) is 4.67. The van der Waals surface area contributed by atoms with Gasteiger partial charge in [0.25, 0.3) is 0 Å². The predicted molar refractivity (Wildman–Crippen MR) is 155 cm³/mol. The third-order valence-corrected chi connectivity index (χ3v) is 6.44. The lowest BCUT2D eigenvalue weighted by molar-refractivity contribution is 0.0500. The van der Waals surface area contributed by atoms with Crippen LogP contribution in [0.25, 0.3) is 5.57 Å². The van der Waals surface area contributed by atoms with Crippen molar-refractivity contribution in [2.75, 3.05) is 23.9 Å². The third-order valence-electron chi connectivity index (χ3n) is 6.44. The molecule has 0 saturated heterocycles. The molecule has 4 rings (SSSR count). The number of amides is 2. The van der Waals surface area contributed by atoms with Crippen LogP contribution in [-0.4, -0.2) is 53.1 Å². The van der Waals surface area contributed by atoms with Gasteiger partial charge < -0.3 is 24.8 Å². The van der Waals surface area contributed by atoms with Crippen molar-refractivity contribution in [1.82, 2.24) is 15.3 Å². The number of ether oxygens (including phenoxy) is 3. The maximum atomic E-state index is 16.1. The topological polar surface area (TPSA) is 115 Å². The van der Waals surface area contributed by atoms with E-state index >= 15 is 4.39 Å². The van der Waals surface area contributed by atoms with E-state index in [1.165, 1.54) is 4.90 Å². The molecule has 2 aromatic heterocycles. The van der Waals surface area contributed by atoms with Crippen molar-refractivity contribution in [3.05, 3.63) is 41.0 Å². The number of nitrogens with zero attached hydrogens (tertiary/aromatic N) is 3. The van der Waals surface area contributed by atoms with Crippen LogP contribution in [0.4, 0.5) is 31.3 Å². The minimum atomic E-state index is -0.649. The lowest BCUT2D eigenvalue weighted by Gasteiger charge is -2.26. The molecule has 0 spiro atoms. The molecule has 10 nitrogen and oxygen atoms in total. The van der Waals surface area contributed by atoms with Crippen molar-refractivity contribution in [3.63, 3.8) is 0 Å². The highest BCUT2D eigenvalue weighted by atomic mass is 19.1. The molecular weight excluding hydrogens is 529 g/mol. The molecule has 0 bridgehead atoms. The van der Waals surface area contributed by atoms with Gasteiger partial charge in [0.2, 0.25) is 0 Å². The Morgan fingerprint density at radius 3 is 2.41 bits per heavy atom. The van der Waals surface area contributed by atoms with Gasteiger partial charge in [-0.1, -0.05) is 6.08 Å². The Hall–Kier alpha value is -3.89. The number of fused-ring (bicyclic) bond motifs is 1. The zero-order valence-corrected chi connectivity index (χ0v) is 25.1. The number of carbonyl (C=O) groups is 2. The van der Waals surface area contributed by atoms with Crippen LogP contribution in [0.5, 0.6) is 5.75 Å². The van der Waals surface area contributed by atoms with Crippen molar-refractivity contribution in [2.24, 2.45) is 0 Å². The quantitative estimate of drug-likeness (QED) is 0.423. The second-order valence-corrected chi connectivity index (χ2v) is 12.4. The normalized spacial score (nSPS) is 16.7. The molecule has 1 aliphatic heterocycles. The Morgan fingerprint density at radius 2 is 1.78 bits per heavy atom. The largest absolute Gasteiger partial charge is 0.491 e. The van der Waals surface area contributed by atoms with Gasteiger partial charge in [-0.15, -0.1) is 0 Å². The molecule has 0 aromatic carbocycles. The molecule has 0 radical (unpaired) electrons. The first-order valence-electron chi connectivity index (χ1n) is 13.9. The molecule has 2 aromatic rings. The number of hydrogen-bond acceptors (Lipinski definition) is 8. The van der Waals surface area contributed by atoms with Gasteiger partial charge in [0, 0.05) is 31.3 Å². The summed E-state index contributed by atoms with van der Waals surface area (Å²) < 4.78 is 32.8. The molecule has 2 aliphatic rings. The standard InChI is InChI=1S/C30H40FN5O5/c1-17-15-20(36(8)28(38)41-30(5,6)7)16-22(32-17)35-26-24(31)23(25-21(34-26)13-14-39-25)18-9-11-19(12-10-18)33-27(37)40-29(2,3)4/h9,15-16,19H,10-14H2,1-8H3,(H,33,37)(H,32,34,35). The minimum absolute atomic E-state index is 0.0307. The first-order valence-corrected chi connectivity index (χ1v) is 13.9. The van der Waals surface area contributed by atoms with E-state index in [1.807, 2.05) is 26.8 Å². The van der Waals surface area contributed by atoms with Gasteiger partial charge in [-0.25, -0.2) is 23.9 Å². The van der Waals surface area contributed by atoms with Crippen LogP contribution in [0.2, 0.25) is 0 Å². The lowest BCUT2D eigenvalue weighted by Crippen LogP contribution is -2.39. The van der Waals surface area contributed by atoms with E-state index in [0.29, 0.717) is 66.5 Å². The highest BCUT2D eigenvalue weighted by Crippen LogP contribution is 2.41. The maximum Gasteiger partial charge on any atom is 0.414 e. The minimum Gasteiger partial charge on any atom is -0.491 e. The summed E-state index contributed by atoms with van der Waals surface area (Å²) in [4.78, 5) is 35.2. The van der Waals surface area contributed by atoms with Crippen LogP contribution >= 0.6 is 0 Å². The van der Waals surface area contributed by atoms with Crippen LogP contribution in [0.15, 0.2) is 18.2 Å². The van der Waals surface area contributed by atoms with Crippen molar-refractivity contribution in [3.8, 4) is 5.75 Å². The molecule has 41 heavy (non-hydrogen) atoms. The Morgan fingerprint density at radius 1 is 1.07 bits per heavy atom. The van der Waals surface area contributed by atoms with E-state index in [9.17, 15) is 9.59 Å². The van der Waals surface area contributed by atoms with Gasteiger partial charge >= 0.3 is 12.2 Å². The summed E-state index contributed by atoms with van der Waals surface area (Å²) in [6.45, 7) is 13.0. The number of rotatable bonds is 5. The highest BCUT2D eigenvalue weighted by molar-refractivity contribution is 5.88. The van der Waals surface area contributed by atoms with Gasteiger partial charge in [0.05, 0.1) is 23.6 Å². The van der Waals surface area contributed by atoms with Crippen LogP contribution in [-0.2, 0) is 15.9 Å². The number of pyridine rings is 2. The molecule has 0 saturated carbocycles. The van der Waals surface area contributed by atoms with Crippen molar-refractivity contribution in [1.29, 1.82) is 0 Å². The first-order chi connectivity index (χ1) is 19.1. The molecule has 11 heteroatoms. The van der Waals surface area contributed by atoms with Crippen molar-refractivity contribution in [2.45, 2.75) is 91.4 Å². The Labute approximate surface area is 240 Å². The number of alkyl carbamates (subject to hydrolysis) is 1. The second-order valence-electron chi connectivity index (χ2n) is 12.4. The van der Waals surface area contributed by atoms with Crippen molar-refractivity contribution < 1.29 is 28.2 Å². The Kier molecular flexibility index (Phi) is 8.46. The zero-order chi connectivity index (χ0) is 30.1. The fraction of sp³-hybridized carbons (Fsp3) is 0.533. The summed E-state index contributed by atoms with van der Waals surface area (Å²) in [6, 6.07) is 3.28. The molecule has 0 fully saturated rings. The number of hydrogen-bond donors (Lipinski definition) is 2. The first kappa shape index (κ1) is 30.1. The maximum absolute atomic E-state index is 16.1. The summed E-state index contributed by atoms with van der Waals surface area (Å²) in [7, 11) is 1.61. The second kappa shape index (κ2) is 11.5. The zero-order valence-electron chi connectivity index (χ0n) is 25.1. The predicted octanol–water partition coefficient (Wildman–Crippen LogP) is 6.43. The van der Waals surface area contributed by atoms with Gasteiger partial charge in [0.15, 0.2) is 17.4 Å². The molecule has 3 heterocycles. The van der Waals surface area contributed by atoms with Crippen LogP contribution in [0.3, 0.4) is 0 Å². The van der Waals surface area contributed by atoms with Crippen LogP contribution in [0.1, 0.15) is 77.8 Å². The Balaban J connectivity index is 1.58. The van der Waals surface area contributed by atoms with Crippen LogP contribution in [0, 0.1) is 12.7 Å². The SMILES string of the molecule is Cc1cc(N(C)C(=O)OC(C)(C)C)cc(Nc2nc3c(c(C4=CCC(NC(=O)OC(C)(C)C)CC4)c2F)OCC3)n1. The van der Waals surface area contributed by atoms with E-state index in [1.54, 1.807) is 46.9 Å². The summed E-state index contributed by atoms with van der Waals surface area (Å²) >= 11 is 0. The average molecular weight is 570 g/mol. The summed E-state index contributed by atoms with van der Waals surface area (Å²) in [5.41, 5.74) is 1.78. The van der Waals surface area contributed by atoms with E-state index in [2.05, 4.69) is 20.6 Å². The molecule has 2 N–H and O–H groups in total. The molecule has 2 amide bonds. The average Bonchev–Trinajstić information content (AvgIpc) is 3.30. The summed E-state index contributed by atoms with van der Waals surface area (Å²) in [6.07, 6.45) is 3.23. The van der Waals surface area contributed by atoms with E-state index in [-0.39, 0.29) is 11.9 Å². The molecular formula is C30H40FN5O5. The smallest absolute Gasteiger partial charge is 0.414 e. The summed E-state index contributed by atoms with van der Waals surface area (Å²) in [5, 5.41) is 5.93. The number of anilines is 3. The Bertz CT molecular complexity index is 1360. The lowest BCUT2D eigenvalue weighted by atomic mass is 9.90. The number of halogens is 1. The fourth-order valence-electron chi connectivity index (χ4n) is 4.67. The summed E-state index contributed by atoms with van der Waals surface area (Å²) in [5.74, 6) is 0.287. The number of aromatic nitrogens is 2. The number of nitrogens with one attached hydrogen (secondary N) is 2. The van der Waals surface area contributed by atoms with Gasteiger partial charge in [-0.3, -0.25) is 4.90 Å². The number of aryl methyl sites for hydroxylation is 1. The monoisotopic (exact) mass is 569 g/mol. The van der Waals surface area contributed by atoms with E-state index in [4.69, 9.17) is 14.2 Å². The molecule has 1 aliphatic carbocycles. The third kappa shape index (κ3) is 7.65. The van der Waals surface area contributed by atoms with Gasteiger partial charge in [0.1, 0.15) is 17.0 Å². The van der Waals surface area contributed by atoms with Crippen molar-refractivity contribution >= 4 is 35.1 Å². The number of carbonyl (C=O) groups excluding carboxylic acids is 2. The number of allylic oxidation sites excluding steroid dienone is 1. The van der Waals surface area contributed by atoms with Gasteiger partial charge in [-0.2, -0.15) is 0 Å². The molecule has 222 valence electrons. The van der Waals surface area contributed by atoms with E-state index in [0.717, 1.165) is 5.57 Å². The van der Waals surface area contributed by atoms with E-state index < -0.39 is 29.2 Å². The molecule has 1 unspecified atom stereocenters. The molecule has 1 atom stereocenters.